The van der Waals surface area contributed by atoms with Gasteiger partial charge in [0.25, 0.3) is 11.2 Å². The van der Waals surface area contributed by atoms with Crippen molar-refractivity contribution >= 4 is 0 Å². The Balaban J connectivity index is 3.30. The largest absolute Gasteiger partial charge is 0.426 e. The van der Waals surface area contributed by atoms with Gasteiger partial charge < -0.3 is 9.84 Å². The van der Waals surface area contributed by atoms with Crippen LogP contribution in [0.4, 0.5) is 52.7 Å². The van der Waals surface area contributed by atoms with Crippen LogP contribution < -0.4 is 0 Å². The van der Waals surface area contributed by atoms with E-state index in [0.29, 0.717) is 6.08 Å². The molecule has 0 aromatic carbocycles. The number of halogens is 12. The summed E-state index contributed by atoms with van der Waals surface area (Å²) in [5, 5.41) is 9.32. The van der Waals surface area contributed by atoms with Crippen molar-refractivity contribution in [2.75, 3.05) is 6.61 Å². The Morgan fingerprint density at radius 2 is 1.03 bits per heavy atom. The Hall–Kier alpha value is -1.18. The highest BCUT2D eigenvalue weighted by Crippen LogP contribution is 2.58. The third-order valence-corrected chi connectivity index (χ3v) is 5.03. The van der Waals surface area contributed by atoms with Gasteiger partial charge in [0, 0.05) is 11.8 Å². The fourth-order valence-electron chi connectivity index (χ4n) is 3.64. The van der Waals surface area contributed by atoms with Gasteiger partial charge in [-0.3, -0.25) is 0 Å². The van der Waals surface area contributed by atoms with Crippen molar-refractivity contribution < 1.29 is 62.5 Å². The predicted molar refractivity (Wildman–Crippen MR) is 73.5 cm³/mol. The molecule has 0 unspecified atom stereocenters. The SMILES string of the molecule is C=CCOC(C1CCC(C(O)(C(F)(F)F)C(F)(F)F)CC1)(C(F)(F)F)C(F)(F)F. The zero-order valence-electron chi connectivity index (χ0n) is 14.4. The smallest absolute Gasteiger partial charge is 0.373 e. The van der Waals surface area contributed by atoms with Gasteiger partial charge in [0.05, 0.1) is 6.61 Å². The summed E-state index contributed by atoms with van der Waals surface area (Å²) in [5.41, 5.74) is -10.1. The van der Waals surface area contributed by atoms with E-state index in [4.69, 9.17) is 0 Å². The summed E-state index contributed by atoms with van der Waals surface area (Å²) in [5.74, 6) is -5.18. The third kappa shape index (κ3) is 4.32. The Labute approximate surface area is 156 Å². The second-order valence-electron chi connectivity index (χ2n) is 6.64. The van der Waals surface area contributed by atoms with E-state index in [-0.39, 0.29) is 0 Å². The highest BCUT2D eigenvalue weighted by molar-refractivity contribution is 5.06. The molecule has 0 aromatic heterocycles. The van der Waals surface area contributed by atoms with E-state index in [1.807, 2.05) is 0 Å². The zero-order chi connectivity index (χ0) is 23.1. The van der Waals surface area contributed by atoms with Crippen LogP contribution in [0.15, 0.2) is 12.7 Å². The second kappa shape index (κ2) is 7.82. The minimum absolute atomic E-state index is 0.587. The molecule has 0 bridgehead atoms. The van der Waals surface area contributed by atoms with Gasteiger partial charge in [-0.05, 0) is 25.7 Å². The van der Waals surface area contributed by atoms with Crippen LogP contribution >= 0.6 is 0 Å². The van der Waals surface area contributed by atoms with Gasteiger partial charge in [-0.2, -0.15) is 52.7 Å². The van der Waals surface area contributed by atoms with Crippen molar-refractivity contribution in [1.82, 2.24) is 0 Å². The molecule has 1 aliphatic carbocycles. The number of ether oxygens (including phenoxy) is 1. The van der Waals surface area contributed by atoms with Crippen LogP contribution in [0.5, 0.6) is 0 Å². The summed E-state index contributed by atoms with van der Waals surface area (Å²) in [4.78, 5) is 0. The van der Waals surface area contributed by atoms with Gasteiger partial charge >= 0.3 is 24.7 Å². The van der Waals surface area contributed by atoms with Gasteiger partial charge in [-0.25, -0.2) is 0 Å². The lowest BCUT2D eigenvalue weighted by Crippen LogP contribution is -2.66. The number of hydrogen-bond donors (Lipinski definition) is 1. The van der Waals surface area contributed by atoms with Crippen molar-refractivity contribution in [3.8, 4) is 0 Å². The summed E-state index contributed by atoms with van der Waals surface area (Å²) >= 11 is 0. The normalized spacial score (nSPS) is 23.2. The zero-order valence-corrected chi connectivity index (χ0v) is 14.4. The van der Waals surface area contributed by atoms with Crippen molar-refractivity contribution in [3.63, 3.8) is 0 Å². The number of rotatable bonds is 5. The fraction of sp³-hybridized carbons (Fsp3) is 0.867. The first kappa shape index (κ1) is 25.9. The van der Waals surface area contributed by atoms with Crippen LogP contribution in [0.1, 0.15) is 25.7 Å². The maximum absolute atomic E-state index is 13.4. The van der Waals surface area contributed by atoms with Crippen molar-refractivity contribution in [3.05, 3.63) is 12.7 Å². The standard InChI is InChI=1S/C15H16F12O2/c1-2-7-29-11(14(22,23)24,15(25,26)27)9-5-3-8(4-6-9)10(28,12(16,17)18)13(19,20)21/h2,8-9,28H,1,3-7H2. The van der Waals surface area contributed by atoms with E-state index in [0.717, 1.165) is 0 Å². The molecule has 1 aliphatic rings. The first-order chi connectivity index (χ1) is 12.8. The molecule has 1 fully saturated rings. The molecule has 0 atom stereocenters. The van der Waals surface area contributed by atoms with Gasteiger partial charge in [0.15, 0.2) is 0 Å². The first-order valence-corrected chi connectivity index (χ1v) is 8.01. The quantitative estimate of drug-likeness (QED) is 0.424. The minimum Gasteiger partial charge on any atom is -0.373 e. The average Bonchev–Trinajstić information content (AvgIpc) is 2.50. The number of hydrogen-bond acceptors (Lipinski definition) is 2. The highest BCUT2D eigenvalue weighted by Gasteiger charge is 2.77. The molecule has 0 radical (unpaired) electrons. The number of alkyl halides is 12. The van der Waals surface area contributed by atoms with E-state index in [2.05, 4.69) is 11.3 Å². The summed E-state index contributed by atoms with van der Waals surface area (Å²) in [7, 11) is 0. The molecule has 29 heavy (non-hydrogen) atoms. The van der Waals surface area contributed by atoms with E-state index in [9.17, 15) is 57.8 Å². The fourth-order valence-corrected chi connectivity index (χ4v) is 3.64. The predicted octanol–water partition coefficient (Wildman–Crippen LogP) is 5.71. The molecule has 0 aliphatic heterocycles. The molecule has 14 heteroatoms. The van der Waals surface area contributed by atoms with E-state index >= 15 is 0 Å². The first-order valence-electron chi connectivity index (χ1n) is 8.01. The molecule has 0 aromatic rings. The van der Waals surface area contributed by atoms with Gasteiger partial charge in [0.2, 0.25) is 0 Å². The summed E-state index contributed by atoms with van der Waals surface area (Å²) < 4.78 is 162. The van der Waals surface area contributed by atoms with Gasteiger partial charge in [-0.15, -0.1) is 6.58 Å². The summed E-state index contributed by atoms with van der Waals surface area (Å²) in [6.45, 7) is 1.71. The molecule has 0 saturated heterocycles. The molecular formula is C15H16F12O2. The Morgan fingerprint density at radius 1 is 0.690 bits per heavy atom. The highest BCUT2D eigenvalue weighted by atomic mass is 19.4. The molecule has 1 saturated carbocycles. The lowest BCUT2D eigenvalue weighted by Gasteiger charge is -2.47. The topological polar surface area (TPSA) is 29.5 Å². The van der Waals surface area contributed by atoms with Crippen molar-refractivity contribution in [2.45, 2.75) is 61.6 Å². The molecule has 0 spiro atoms. The van der Waals surface area contributed by atoms with E-state index in [1.54, 1.807) is 0 Å². The maximum atomic E-state index is 13.4. The van der Waals surface area contributed by atoms with Crippen LogP contribution in [0, 0.1) is 11.8 Å². The molecular weight excluding hydrogens is 440 g/mol. The molecule has 1 rings (SSSR count). The molecule has 0 amide bonds. The number of aliphatic hydroxyl groups is 1. The van der Waals surface area contributed by atoms with E-state index < -0.39 is 80.0 Å². The van der Waals surface area contributed by atoms with Crippen LogP contribution in [0.2, 0.25) is 0 Å². The average molecular weight is 456 g/mol. The van der Waals surface area contributed by atoms with Crippen LogP contribution in [-0.4, -0.2) is 47.6 Å². The Kier molecular flexibility index (Phi) is 6.97. The lowest BCUT2D eigenvalue weighted by atomic mass is 9.67. The molecule has 2 nitrogen and oxygen atoms in total. The lowest BCUT2D eigenvalue weighted by molar-refractivity contribution is -0.405. The monoisotopic (exact) mass is 456 g/mol. The van der Waals surface area contributed by atoms with Gasteiger partial charge in [-0.1, -0.05) is 6.08 Å². The van der Waals surface area contributed by atoms with Crippen LogP contribution in [0.3, 0.4) is 0 Å². The summed E-state index contributed by atoms with van der Waals surface area (Å²) in [6, 6.07) is 0. The molecule has 172 valence electrons. The van der Waals surface area contributed by atoms with E-state index in [1.165, 1.54) is 0 Å². The van der Waals surface area contributed by atoms with Crippen LogP contribution in [0.25, 0.3) is 0 Å². The van der Waals surface area contributed by atoms with Crippen LogP contribution in [-0.2, 0) is 4.74 Å². The maximum Gasteiger partial charge on any atom is 0.426 e. The molecule has 1 N–H and O–H groups in total. The van der Waals surface area contributed by atoms with Crippen molar-refractivity contribution in [1.29, 1.82) is 0 Å². The third-order valence-electron chi connectivity index (χ3n) is 5.03. The Morgan fingerprint density at radius 3 is 1.31 bits per heavy atom. The minimum atomic E-state index is -6.23. The summed E-state index contributed by atoms with van der Waals surface area (Å²) in [6.07, 6.45) is -29.4. The van der Waals surface area contributed by atoms with Crippen molar-refractivity contribution in [2.24, 2.45) is 11.8 Å². The Bertz CT molecular complexity index is 536. The second-order valence-corrected chi connectivity index (χ2v) is 6.64. The van der Waals surface area contributed by atoms with Gasteiger partial charge in [0.1, 0.15) is 0 Å². The molecule has 0 heterocycles.